The normalized spacial score (nSPS) is 11.4. The van der Waals surface area contributed by atoms with Crippen LogP contribution in [-0.2, 0) is 5.54 Å². The number of amides is 2. The third-order valence-corrected chi connectivity index (χ3v) is 2.39. The monoisotopic (exact) mass is 238 g/mol. The molecule has 0 aliphatic carbocycles. The number of rotatable bonds is 3. The highest BCUT2D eigenvalue weighted by molar-refractivity contribution is 5.75. The molecule has 4 heteroatoms. The fourth-order valence-corrected chi connectivity index (χ4v) is 1.62. The van der Waals surface area contributed by atoms with Crippen LogP contribution in [0.25, 0.3) is 0 Å². The lowest BCUT2D eigenvalue weighted by Crippen LogP contribution is -2.48. The van der Waals surface area contributed by atoms with Crippen LogP contribution >= 0.6 is 0 Å². The van der Waals surface area contributed by atoms with Crippen molar-refractivity contribution >= 4 is 6.03 Å². The third-order valence-electron chi connectivity index (χ3n) is 2.39. The van der Waals surface area contributed by atoms with Crippen molar-refractivity contribution in [3.05, 3.63) is 35.6 Å². The molecule has 94 valence electrons. The zero-order chi connectivity index (χ0) is 13.1. The molecule has 0 saturated carbocycles. The number of carbonyl (C=O) groups is 1. The Morgan fingerprint density at radius 3 is 2.41 bits per heavy atom. The molecule has 1 aromatic carbocycles. The minimum atomic E-state index is -0.746. The van der Waals surface area contributed by atoms with Gasteiger partial charge in [0.15, 0.2) is 0 Å². The predicted octanol–water partition coefficient (Wildman–Crippen LogP) is 2.77. The quantitative estimate of drug-likeness (QED) is 0.835. The van der Waals surface area contributed by atoms with Gasteiger partial charge < -0.3 is 10.6 Å². The number of urea groups is 1. The molecule has 0 aliphatic heterocycles. The van der Waals surface area contributed by atoms with Gasteiger partial charge >= 0.3 is 6.03 Å². The van der Waals surface area contributed by atoms with Gasteiger partial charge in [-0.1, -0.05) is 18.2 Å². The van der Waals surface area contributed by atoms with Crippen LogP contribution in [0.15, 0.2) is 24.3 Å². The van der Waals surface area contributed by atoms with Gasteiger partial charge in [0.1, 0.15) is 5.82 Å². The van der Waals surface area contributed by atoms with Gasteiger partial charge in [-0.2, -0.15) is 0 Å². The van der Waals surface area contributed by atoms with E-state index < -0.39 is 5.54 Å². The summed E-state index contributed by atoms with van der Waals surface area (Å²) < 4.78 is 13.6. The lowest BCUT2D eigenvalue weighted by molar-refractivity contribution is 0.227. The molecule has 0 unspecified atom stereocenters. The number of halogens is 1. The second-order valence-corrected chi connectivity index (χ2v) is 4.86. The summed E-state index contributed by atoms with van der Waals surface area (Å²) in [6.07, 6.45) is 0. The minimum absolute atomic E-state index is 0.0476. The smallest absolute Gasteiger partial charge is 0.315 e. The number of hydrogen-bond donors (Lipinski definition) is 2. The first-order valence-electron chi connectivity index (χ1n) is 5.66. The van der Waals surface area contributed by atoms with Crippen LogP contribution in [-0.4, -0.2) is 12.1 Å². The van der Waals surface area contributed by atoms with E-state index in [1.54, 1.807) is 32.0 Å². The lowest BCUT2D eigenvalue weighted by Gasteiger charge is -2.27. The first-order valence-corrected chi connectivity index (χ1v) is 5.66. The summed E-state index contributed by atoms with van der Waals surface area (Å²) in [5.74, 6) is -0.317. The number of benzene rings is 1. The first-order chi connectivity index (χ1) is 7.83. The highest BCUT2D eigenvalue weighted by Gasteiger charge is 2.25. The summed E-state index contributed by atoms with van der Waals surface area (Å²) in [7, 11) is 0. The lowest BCUT2D eigenvalue weighted by atomic mass is 9.94. The van der Waals surface area contributed by atoms with Gasteiger partial charge in [0.2, 0.25) is 0 Å². The molecule has 0 radical (unpaired) electrons. The van der Waals surface area contributed by atoms with E-state index in [4.69, 9.17) is 0 Å². The van der Waals surface area contributed by atoms with Gasteiger partial charge in [-0.25, -0.2) is 9.18 Å². The molecule has 0 aromatic heterocycles. The molecule has 17 heavy (non-hydrogen) atoms. The van der Waals surface area contributed by atoms with Crippen molar-refractivity contribution in [1.29, 1.82) is 0 Å². The molecule has 2 amide bonds. The highest BCUT2D eigenvalue weighted by Crippen LogP contribution is 2.22. The molecule has 0 fully saturated rings. The topological polar surface area (TPSA) is 41.1 Å². The Bertz CT molecular complexity index is 402. The predicted molar refractivity (Wildman–Crippen MR) is 66.2 cm³/mol. The Morgan fingerprint density at radius 1 is 1.29 bits per heavy atom. The van der Waals surface area contributed by atoms with Crippen molar-refractivity contribution in [1.82, 2.24) is 10.6 Å². The number of hydrogen-bond acceptors (Lipinski definition) is 1. The zero-order valence-electron chi connectivity index (χ0n) is 10.7. The van der Waals surface area contributed by atoms with Crippen molar-refractivity contribution < 1.29 is 9.18 Å². The summed E-state index contributed by atoms with van der Waals surface area (Å²) in [6, 6.07) is 6.19. The molecule has 2 N–H and O–H groups in total. The average Bonchev–Trinajstić information content (AvgIpc) is 2.15. The van der Waals surface area contributed by atoms with E-state index in [0.717, 1.165) is 0 Å². The van der Waals surface area contributed by atoms with E-state index in [1.165, 1.54) is 6.07 Å². The molecule has 1 aromatic rings. The Labute approximate surface area is 101 Å². The molecule has 0 atom stereocenters. The third kappa shape index (κ3) is 3.73. The molecule has 0 spiro atoms. The van der Waals surface area contributed by atoms with Crippen LogP contribution in [0.3, 0.4) is 0 Å². The van der Waals surface area contributed by atoms with Crippen LogP contribution in [0.2, 0.25) is 0 Å². The van der Waals surface area contributed by atoms with Gasteiger partial charge in [0, 0.05) is 11.6 Å². The Kier molecular flexibility index (Phi) is 4.10. The van der Waals surface area contributed by atoms with E-state index in [2.05, 4.69) is 10.6 Å². The maximum Gasteiger partial charge on any atom is 0.315 e. The van der Waals surface area contributed by atoms with Crippen LogP contribution in [0.4, 0.5) is 9.18 Å². The van der Waals surface area contributed by atoms with Gasteiger partial charge in [0.25, 0.3) is 0 Å². The van der Waals surface area contributed by atoms with Gasteiger partial charge in [0.05, 0.1) is 5.54 Å². The van der Waals surface area contributed by atoms with Gasteiger partial charge in [-0.15, -0.1) is 0 Å². The summed E-state index contributed by atoms with van der Waals surface area (Å²) in [5, 5.41) is 5.47. The molecule has 0 bridgehead atoms. The van der Waals surface area contributed by atoms with Crippen molar-refractivity contribution in [2.75, 3.05) is 0 Å². The fourth-order valence-electron chi connectivity index (χ4n) is 1.62. The highest BCUT2D eigenvalue weighted by atomic mass is 19.1. The first kappa shape index (κ1) is 13.5. The van der Waals surface area contributed by atoms with Crippen LogP contribution in [0.5, 0.6) is 0 Å². The van der Waals surface area contributed by atoms with Gasteiger partial charge in [-0.3, -0.25) is 0 Å². The molecular weight excluding hydrogens is 219 g/mol. The van der Waals surface area contributed by atoms with E-state index in [1.807, 2.05) is 13.8 Å². The molecular formula is C13H19FN2O. The Hall–Kier alpha value is -1.58. The second kappa shape index (κ2) is 5.17. The van der Waals surface area contributed by atoms with E-state index >= 15 is 0 Å². The maximum absolute atomic E-state index is 13.6. The standard InChI is InChI=1S/C13H19FN2O/c1-9(2)15-12(17)16-13(3,4)10-7-5-6-8-11(10)14/h5-9H,1-4H3,(H2,15,16,17). The second-order valence-electron chi connectivity index (χ2n) is 4.86. The fraction of sp³-hybridized carbons (Fsp3) is 0.462. The molecule has 1 rings (SSSR count). The SMILES string of the molecule is CC(C)NC(=O)NC(C)(C)c1ccccc1F. The minimum Gasteiger partial charge on any atom is -0.336 e. The summed E-state index contributed by atoms with van der Waals surface area (Å²) in [6.45, 7) is 7.28. The summed E-state index contributed by atoms with van der Waals surface area (Å²) >= 11 is 0. The van der Waals surface area contributed by atoms with Gasteiger partial charge in [-0.05, 0) is 33.8 Å². The van der Waals surface area contributed by atoms with E-state index in [9.17, 15) is 9.18 Å². The van der Waals surface area contributed by atoms with Crippen molar-refractivity contribution in [2.24, 2.45) is 0 Å². The number of carbonyl (C=O) groups excluding carboxylic acids is 1. The average molecular weight is 238 g/mol. The van der Waals surface area contributed by atoms with Crippen LogP contribution in [0, 0.1) is 5.82 Å². The van der Waals surface area contributed by atoms with Crippen molar-refractivity contribution in [2.45, 2.75) is 39.3 Å². The molecule has 0 heterocycles. The summed E-state index contributed by atoms with van der Waals surface area (Å²) in [4.78, 5) is 11.6. The maximum atomic E-state index is 13.6. The van der Waals surface area contributed by atoms with E-state index in [0.29, 0.717) is 5.56 Å². The van der Waals surface area contributed by atoms with Crippen LogP contribution in [0.1, 0.15) is 33.3 Å². The summed E-state index contributed by atoms with van der Waals surface area (Å²) in [5.41, 5.74) is -0.275. The molecule has 0 saturated heterocycles. The Balaban J connectivity index is 2.82. The van der Waals surface area contributed by atoms with Crippen molar-refractivity contribution in [3.63, 3.8) is 0 Å². The zero-order valence-corrected chi connectivity index (χ0v) is 10.7. The Morgan fingerprint density at radius 2 is 1.88 bits per heavy atom. The van der Waals surface area contributed by atoms with E-state index in [-0.39, 0.29) is 17.9 Å². The van der Waals surface area contributed by atoms with Crippen LogP contribution < -0.4 is 10.6 Å². The molecule has 3 nitrogen and oxygen atoms in total. The largest absolute Gasteiger partial charge is 0.336 e. The number of nitrogens with one attached hydrogen (secondary N) is 2. The molecule has 0 aliphatic rings. The van der Waals surface area contributed by atoms with Crippen molar-refractivity contribution in [3.8, 4) is 0 Å².